The van der Waals surface area contributed by atoms with Gasteiger partial charge in [-0.2, -0.15) is 16.4 Å². The average Bonchev–Trinajstić information content (AvgIpc) is 2.64. The third-order valence-electron chi connectivity index (χ3n) is 0.838. The summed E-state index contributed by atoms with van der Waals surface area (Å²) in [4.78, 5) is 2.68. The molecule has 11 heavy (non-hydrogen) atoms. The van der Waals surface area contributed by atoms with E-state index in [2.05, 4.69) is 9.93 Å². The molecule has 0 atom stereocenters. The van der Waals surface area contributed by atoms with E-state index in [-0.39, 0.29) is 0 Å². The van der Waals surface area contributed by atoms with Gasteiger partial charge in [-0.1, -0.05) is 12.1 Å². The van der Waals surface area contributed by atoms with Crippen molar-refractivity contribution in [3.63, 3.8) is 0 Å². The van der Waals surface area contributed by atoms with E-state index in [1.54, 1.807) is 17.6 Å². The molecule has 2 rings (SSSR count). The highest BCUT2D eigenvalue weighted by Gasteiger charge is 1.75. The van der Waals surface area contributed by atoms with Gasteiger partial charge in [0, 0.05) is 6.21 Å². The molecule has 2 heterocycles. The fourth-order valence-corrected chi connectivity index (χ4v) is 1.22. The van der Waals surface area contributed by atoms with Crippen molar-refractivity contribution in [1.82, 2.24) is 4.83 Å². The SMILES string of the molecule is C1=CSNN=C1.c1ccsc1. The van der Waals surface area contributed by atoms with Gasteiger partial charge in [0.2, 0.25) is 0 Å². The molecular formula is C7H8N2S2. The maximum absolute atomic E-state index is 3.68. The maximum Gasteiger partial charge on any atom is 0.0484 e. The van der Waals surface area contributed by atoms with Crippen LogP contribution in [0.4, 0.5) is 0 Å². The molecule has 0 aromatic carbocycles. The Morgan fingerprint density at radius 2 is 2.00 bits per heavy atom. The van der Waals surface area contributed by atoms with E-state index in [0.717, 1.165) is 0 Å². The zero-order valence-electron chi connectivity index (χ0n) is 5.81. The molecule has 0 bridgehead atoms. The molecule has 1 aliphatic rings. The van der Waals surface area contributed by atoms with Gasteiger partial charge < -0.3 is 0 Å². The first-order valence-corrected chi connectivity index (χ1v) is 4.88. The van der Waals surface area contributed by atoms with E-state index in [1.165, 1.54) is 11.9 Å². The van der Waals surface area contributed by atoms with E-state index in [4.69, 9.17) is 0 Å². The van der Waals surface area contributed by atoms with Gasteiger partial charge in [0.1, 0.15) is 0 Å². The molecule has 1 aromatic heterocycles. The Balaban J connectivity index is 0.000000112. The summed E-state index contributed by atoms with van der Waals surface area (Å²) >= 11 is 3.18. The fourth-order valence-electron chi connectivity index (χ4n) is 0.436. The van der Waals surface area contributed by atoms with Crippen LogP contribution in [-0.2, 0) is 0 Å². The molecule has 0 radical (unpaired) electrons. The summed E-state index contributed by atoms with van der Waals surface area (Å²) in [5.74, 6) is 0. The lowest BCUT2D eigenvalue weighted by Gasteiger charge is -1.92. The molecule has 2 nitrogen and oxygen atoms in total. The first kappa shape index (κ1) is 8.36. The Morgan fingerprint density at radius 1 is 1.18 bits per heavy atom. The fraction of sp³-hybridized carbons (Fsp3) is 0. The summed E-state index contributed by atoms with van der Waals surface area (Å²) in [5.41, 5.74) is 0. The highest BCUT2D eigenvalue weighted by atomic mass is 32.2. The minimum atomic E-state index is 1.47. The molecule has 1 aromatic rings. The van der Waals surface area contributed by atoms with Crippen LogP contribution in [0, 0.1) is 0 Å². The lowest BCUT2D eigenvalue weighted by atomic mass is 10.7. The summed E-state index contributed by atoms with van der Waals surface area (Å²) in [6.07, 6.45) is 3.58. The lowest BCUT2D eigenvalue weighted by Crippen LogP contribution is -1.91. The highest BCUT2D eigenvalue weighted by Crippen LogP contribution is 1.95. The molecule has 1 aliphatic heterocycles. The molecule has 0 saturated carbocycles. The van der Waals surface area contributed by atoms with Crippen LogP contribution in [0.15, 0.2) is 39.5 Å². The largest absolute Gasteiger partial charge is 0.248 e. The molecule has 0 unspecified atom stereocenters. The number of nitrogens with one attached hydrogen (secondary N) is 1. The first-order chi connectivity index (χ1) is 5.50. The highest BCUT2D eigenvalue weighted by molar-refractivity contribution is 8.00. The second-order valence-corrected chi connectivity index (χ2v) is 3.12. The van der Waals surface area contributed by atoms with E-state index in [9.17, 15) is 0 Å². The third-order valence-corrected chi connectivity index (χ3v) is 1.97. The Kier molecular flexibility index (Phi) is 4.56. The van der Waals surface area contributed by atoms with Crippen LogP contribution in [0.2, 0.25) is 0 Å². The number of allylic oxidation sites excluding steroid dienone is 1. The first-order valence-electron chi connectivity index (χ1n) is 3.06. The number of thiophene rings is 1. The minimum absolute atomic E-state index is 1.47. The number of hydrogen-bond donors (Lipinski definition) is 1. The third kappa shape index (κ3) is 4.64. The topological polar surface area (TPSA) is 24.4 Å². The number of hydrazone groups is 1. The maximum atomic E-state index is 3.68. The van der Waals surface area contributed by atoms with Crippen LogP contribution >= 0.6 is 23.3 Å². The minimum Gasteiger partial charge on any atom is -0.248 e. The summed E-state index contributed by atoms with van der Waals surface area (Å²) < 4.78 is 0. The van der Waals surface area contributed by atoms with Gasteiger partial charge in [0.05, 0.1) is 0 Å². The zero-order valence-corrected chi connectivity index (χ0v) is 7.44. The average molecular weight is 184 g/mol. The molecule has 58 valence electrons. The molecular weight excluding hydrogens is 176 g/mol. The van der Waals surface area contributed by atoms with Gasteiger partial charge in [-0.3, -0.25) is 0 Å². The smallest absolute Gasteiger partial charge is 0.0484 e. The van der Waals surface area contributed by atoms with Crippen LogP contribution in [0.25, 0.3) is 0 Å². The van der Waals surface area contributed by atoms with Crippen molar-refractivity contribution in [2.75, 3.05) is 0 Å². The predicted molar refractivity (Wildman–Crippen MR) is 52.7 cm³/mol. The molecule has 0 fully saturated rings. The van der Waals surface area contributed by atoms with E-state index in [1.807, 2.05) is 34.4 Å². The van der Waals surface area contributed by atoms with Crippen LogP contribution in [-0.4, -0.2) is 6.21 Å². The van der Waals surface area contributed by atoms with E-state index < -0.39 is 0 Å². The Morgan fingerprint density at radius 3 is 2.18 bits per heavy atom. The predicted octanol–water partition coefficient (Wildman–Crippen LogP) is 2.49. The molecule has 1 N–H and O–H groups in total. The summed E-state index contributed by atoms with van der Waals surface area (Å²) in [6.45, 7) is 0. The van der Waals surface area contributed by atoms with Gasteiger partial charge in [0.15, 0.2) is 0 Å². The molecule has 0 saturated heterocycles. The monoisotopic (exact) mass is 184 g/mol. The van der Waals surface area contributed by atoms with Crippen LogP contribution in [0.3, 0.4) is 0 Å². The van der Waals surface area contributed by atoms with Crippen LogP contribution in [0.1, 0.15) is 0 Å². The van der Waals surface area contributed by atoms with Crippen molar-refractivity contribution >= 4 is 29.5 Å². The van der Waals surface area contributed by atoms with Crippen molar-refractivity contribution in [3.05, 3.63) is 34.4 Å². The van der Waals surface area contributed by atoms with Crippen LogP contribution < -0.4 is 4.83 Å². The number of hydrogen-bond acceptors (Lipinski definition) is 4. The molecule has 0 amide bonds. The van der Waals surface area contributed by atoms with Crippen molar-refractivity contribution in [2.24, 2.45) is 5.10 Å². The van der Waals surface area contributed by atoms with E-state index in [0.29, 0.717) is 0 Å². The number of nitrogens with zero attached hydrogens (tertiary/aromatic N) is 1. The van der Waals surface area contributed by atoms with Gasteiger partial charge in [-0.05, 0) is 34.2 Å². The Hall–Kier alpha value is -0.740. The second-order valence-electron chi connectivity index (χ2n) is 1.61. The van der Waals surface area contributed by atoms with Crippen LogP contribution in [0.5, 0.6) is 0 Å². The van der Waals surface area contributed by atoms with Crippen molar-refractivity contribution in [1.29, 1.82) is 0 Å². The molecule has 0 spiro atoms. The van der Waals surface area contributed by atoms with Gasteiger partial charge >= 0.3 is 0 Å². The summed E-state index contributed by atoms with van der Waals surface area (Å²) in [5, 5.41) is 9.69. The lowest BCUT2D eigenvalue weighted by molar-refractivity contribution is 1.13. The normalized spacial score (nSPS) is 13.1. The van der Waals surface area contributed by atoms with Crippen molar-refractivity contribution in [2.45, 2.75) is 0 Å². The Bertz CT molecular complexity index is 187. The second kappa shape index (κ2) is 6.00. The summed E-state index contributed by atoms with van der Waals surface area (Å²) in [7, 11) is 0. The number of rotatable bonds is 0. The quantitative estimate of drug-likeness (QED) is 0.626. The zero-order chi connectivity index (χ0) is 7.78. The van der Waals surface area contributed by atoms with Crippen molar-refractivity contribution in [3.8, 4) is 0 Å². The van der Waals surface area contributed by atoms with E-state index >= 15 is 0 Å². The van der Waals surface area contributed by atoms with Crippen molar-refractivity contribution < 1.29 is 0 Å². The molecule has 0 aliphatic carbocycles. The summed E-state index contributed by atoms with van der Waals surface area (Å²) in [6, 6.07) is 4.04. The Labute approximate surface area is 74.2 Å². The standard InChI is InChI=1S/C4H4S.C3H4N2S/c1-2-4-5-3-1;1-2-4-5-6-3-1/h1-4H;1-3,5H. The molecule has 4 heteroatoms. The van der Waals surface area contributed by atoms with Gasteiger partial charge in [-0.25, -0.2) is 4.83 Å². The van der Waals surface area contributed by atoms with Gasteiger partial charge in [0.25, 0.3) is 0 Å². The van der Waals surface area contributed by atoms with Gasteiger partial charge in [-0.15, -0.1) is 0 Å².